The van der Waals surface area contributed by atoms with Crippen molar-refractivity contribution in [2.24, 2.45) is 0 Å². The van der Waals surface area contributed by atoms with Crippen LogP contribution in [-0.4, -0.2) is 44.8 Å². The van der Waals surface area contributed by atoms with Gasteiger partial charge in [-0.25, -0.2) is 18.9 Å². The van der Waals surface area contributed by atoms with E-state index in [4.69, 9.17) is 0 Å². The molecule has 1 amide bonds. The fourth-order valence-corrected chi connectivity index (χ4v) is 2.94. The van der Waals surface area contributed by atoms with Gasteiger partial charge in [-0.05, 0) is 37.1 Å². The lowest BCUT2D eigenvalue weighted by Crippen LogP contribution is -2.37. The van der Waals surface area contributed by atoms with Crippen molar-refractivity contribution < 1.29 is 9.18 Å². The number of alkyl halides is 1. The second-order valence-electron chi connectivity index (χ2n) is 5.96. The molecule has 3 aromatic rings. The lowest BCUT2D eigenvalue weighted by molar-refractivity contribution is 0.102. The number of carbonyl (C=O) groups is 1. The van der Waals surface area contributed by atoms with E-state index in [2.05, 4.69) is 20.4 Å². The third kappa shape index (κ3) is 3.15. The van der Waals surface area contributed by atoms with E-state index in [1.807, 2.05) is 4.90 Å². The maximum absolute atomic E-state index is 13.7. The zero-order chi connectivity index (χ0) is 17.2. The molecule has 25 heavy (non-hydrogen) atoms. The van der Waals surface area contributed by atoms with Gasteiger partial charge in [0.15, 0.2) is 11.3 Å². The Morgan fingerprint density at radius 1 is 1.24 bits per heavy atom. The summed E-state index contributed by atoms with van der Waals surface area (Å²) in [5.74, 6) is 0.743. The molecule has 1 aliphatic rings. The molecule has 0 spiro atoms. The Bertz CT molecular complexity index is 897. The summed E-state index contributed by atoms with van der Waals surface area (Å²) in [6, 6.07) is 8.85. The van der Waals surface area contributed by atoms with Crippen molar-refractivity contribution in [3.63, 3.8) is 0 Å². The standard InChI is InChI=1S/C17H17FN6O/c18-12-4-3-9-23(11-12)16-7-6-15-20-10-13(24(15)22-16)17(25)21-14-5-1-2-8-19-14/h1-2,5-8,10,12H,3-4,9,11H2,(H,19,21,25)/t12-/m0/s1. The Kier molecular flexibility index (Phi) is 4.01. The third-order valence-electron chi connectivity index (χ3n) is 4.18. The monoisotopic (exact) mass is 340 g/mol. The maximum Gasteiger partial charge on any atom is 0.277 e. The van der Waals surface area contributed by atoms with Crippen LogP contribution in [0, 0.1) is 0 Å². The average molecular weight is 340 g/mol. The first-order chi connectivity index (χ1) is 12.2. The number of piperidine rings is 1. The minimum absolute atomic E-state index is 0.302. The molecule has 0 radical (unpaired) electrons. The average Bonchev–Trinajstić information content (AvgIpc) is 3.06. The Morgan fingerprint density at radius 2 is 2.16 bits per heavy atom. The summed E-state index contributed by atoms with van der Waals surface area (Å²) in [4.78, 5) is 22.7. The van der Waals surface area contributed by atoms with Gasteiger partial charge in [-0.3, -0.25) is 4.79 Å². The van der Waals surface area contributed by atoms with E-state index in [1.165, 1.54) is 10.7 Å². The quantitative estimate of drug-likeness (QED) is 0.792. The van der Waals surface area contributed by atoms with E-state index in [0.29, 0.717) is 35.9 Å². The van der Waals surface area contributed by atoms with E-state index in [-0.39, 0.29) is 5.91 Å². The molecule has 1 fully saturated rings. The predicted octanol–water partition coefficient (Wildman–Crippen LogP) is 2.31. The molecule has 1 aliphatic heterocycles. The Morgan fingerprint density at radius 3 is 2.96 bits per heavy atom. The van der Waals surface area contributed by atoms with E-state index < -0.39 is 6.17 Å². The van der Waals surface area contributed by atoms with Crippen molar-refractivity contribution in [3.8, 4) is 0 Å². The zero-order valence-electron chi connectivity index (χ0n) is 13.5. The van der Waals surface area contributed by atoms with Crippen LogP contribution in [0.25, 0.3) is 5.65 Å². The Labute approximate surface area is 143 Å². The number of carbonyl (C=O) groups excluding carboxylic acids is 1. The largest absolute Gasteiger partial charge is 0.352 e. The molecule has 4 rings (SSSR count). The normalized spacial score (nSPS) is 17.6. The van der Waals surface area contributed by atoms with Crippen LogP contribution in [0.1, 0.15) is 23.3 Å². The van der Waals surface area contributed by atoms with Gasteiger partial charge in [0.1, 0.15) is 17.8 Å². The Balaban J connectivity index is 1.63. The first-order valence-electron chi connectivity index (χ1n) is 8.17. The van der Waals surface area contributed by atoms with Crippen LogP contribution in [0.2, 0.25) is 0 Å². The van der Waals surface area contributed by atoms with Crippen molar-refractivity contribution >= 4 is 23.2 Å². The first-order valence-corrected chi connectivity index (χ1v) is 8.17. The molecule has 0 unspecified atom stereocenters. The van der Waals surface area contributed by atoms with Crippen LogP contribution >= 0.6 is 0 Å². The van der Waals surface area contributed by atoms with E-state index in [1.54, 1.807) is 36.5 Å². The lowest BCUT2D eigenvalue weighted by atomic mass is 10.1. The highest BCUT2D eigenvalue weighted by Gasteiger charge is 2.21. The number of hydrogen-bond donors (Lipinski definition) is 1. The van der Waals surface area contributed by atoms with Crippen molar-refractivity contribution in [2.75, 3.05) is 23.3 Å². The van der Waals surface area contributed by atoms with Gasteiger partial charge in [-0.2, -0.15) is 0 Å². The molecular formula is C17H17FN6O. The van der Waals surface area contributed by atoms with Crippen LogP contribution in [0.3, 0.4) is 0 Å². The molecule has 3 aromatic heterocycles. The molecule has 4 heterocycles. The predicted molar refractivity (Wildman–Crippen MR) is 91.5 cm³/mol. The number of imidazole rings is 1. The minimum Gasteiger partial charge on any atom is -0.352 e. The maximum atomic E-state index is 13.7. The SMILES string of the molecule is O=C(Nc1ccccn1)c1cnc2ccc(N3CCC[C@H](F)C3)nn12. The highest BCUT2D eigenvalue weighted by molar-refractivity contribution is 6.02. The fraction of sp³-hybridized carbons (Fsp3) is 0.294. The fourth-order valence-electron chi connectivity index (χ4n) is 2.94. The molecule has 0 saturated carbocycles. The number of rotatable bonds is 3. The molecule has 7 nitrogen and oxygen atoms in total. The van der Waals surface area contributed by atoms with Crippen LogP contribution in [0.4, 0.5) is 16.0 Å². The molecule has 8 heteroatoms. The number of aromatic nitrogens is 4. The lowest BCUT2D eigenvalue weighted by Gasteiger charge is -2.29. The topological polar surface area (TPSA) is 75.4 Å². The van der Waals surface area contributed by atoms with Gasteiger partial charge in [-0.1, -0.05) is 6.07 Å². The number of anilines is 2. The van der Waals surface area contributed by atoms with Crippen LogP contribution in [0.5, 0.6) is 0 Å². The third-order valence-corrected chi connectivity index (χ3v) is 4.18. The van der Waals surface area contributed by atoms with Gasteiger partial charge in [-0.15, -0.1) is 5.10 Å². The molecule has 1 N–H and O–H groups in total. The van der Waals surface area contributed by atoms with Crippen molar-refractivity contribution in [1.29, 1.82) is 0 Å². The number of hydrogen-bond acceptors (Lipinski definition) is 5. The number of fused-ring (bicyclic) bond motifs is 1. The smallest absolute Gasteiger partial charge is 0.277 e. The zero-order valence-corrected chi connectivity index (χ0v) is 13.5. The molecule has 1 saturated heterocycles. The summed E-state index contributed by atoms with van der Waals surface area (Å²) in [5, 5.41) is 7.21. The summed E-state index contributed by atoms with van der Waals surface area (Å²) in [6.45, 7) is 1.08. The minimum atomic E-state index is -0.846. The second kappa shape index (κ2) is 6.46. The van der Waals surface area contributed by atoms with Gasteiger partial charge < -0.3 is 10.2 Å². The molecule has 0 bridgehead atoms. The van der Waals surface area contributed by atoms with Crippen LogP contribution in [-0.2, 0) is 0 Å². The molecule has 1 atom stereocenters. The van der Waals surface area contributed by atoms with Crippen molar-refractivity contribution in [3.05, 3.63) is 48.4 Å². The number of nitrogens with one attached hydrogen (secondary N) is 1. The van der Waals surface area contributed by atoms with Gasteiger partial charge >= 0.3 is 0 Å². The molecule has 0 aliphatic carbocycles. The first kappa shape index (κ1) is 15.5. The van der Waals surface area contributed by atoms with Gasteiger partial charge in [0.2, 0.25) is 0 Å². The highest BCUT2D eigenvalue weighted by Crippen LogP contribution is 2.20. The van der Waals surface area contributed by atoms with Gasteiger partial charge in [0.05, 0.1) is 12.7 Å². The van der Waals surface area contributed by atoms with Gasteiger partial charge in [0, 0.05) is 12.7 Å². The van der Waals surface area contributed by atoms with E-state index >= 15 is 0 Å². The number of nitrogens with zero attached hydrogens (tertiary/aromatic N) is 5. The number of halogens is 1. The summed E-state index contributed by atoms with van der Waals surface area (Å²) >= 11 is 0. The Hall–Kier alpha value is -3.03. The van der Waals surface area contributed by atoms with E-state index in [0.717, 1.165) is 13.0 Å². The molecular weight excluding hydrogens is 323 g/mol. The van der Waals surface area contributed by atoms with E-state index in [9.17, 15) is 9.18 Å². The number of pyridine rings is 1. The van der Waals surface area contributed by atoms with Crippen LogP contribution in [0.15, 0.2) is 42.7 Å². The van der Waals surface area contributed by atoms with Gasteiger partial charge in [0.25, 0.3) is 5.91 Å². The summed E-state index contributed by atoms with van der Waals surface area (Å²) in [5.41, 5.74) is 0.861. The molecule has 128 valence electrons. The second-order valence-corrected chi connectivity index (χ2v) is 5.96. The summed E-state index contributed by atoms with van der Waals surface area (Å²) in [7, 11) is 0. The summed E-state index contributed by atoms with van der Waals surface area (Å²) < 4.78 is 15.1. The highest BCUT2D eigenvalue weighted by atomic mass is 19.1. The molecule has 0 aromatic carbocycles. The number of amides is 1. The van der Waals surface area contributed by atoms with Crippen LogP contribution < -0.4 is 10.2 Å². The van der Waals surface area contributed by atoms with Crippen molar-refractivity contribution in [1.82, 2.24) is 19.6 Å². The van der Waals surface area contributed by atoms with Crippen molar-refractivity contribution in [2.45, 2.75) is 19.0 Å². The summed E-state index contributed by atoms with van der Waals surface area (Å²) in [6.07, 6.45) is 3.60.